The third kappa shape index (κ3) is 1.01. The second-order valence-electron chi connectivity index (χ2n) is 5.21. The van der Waals surface area contributed by atoms with Gasteiger partial charge in [0.1, 0.15) is 0 Å². The molecule has 2 unspecified atom stereocenters. The molecule has 14 heavy (non-hydrogen) atoms. The van der Waals surface area contributed by atoms with Crippen molar-refractivity contribution in [2.24, 2.45) is 0 Å². The van der Waals surface area contributed by atoms with Gasteiger partial charge in [-0.1, -0.05) is 0 Å². The Morgan fingerprint density at radius 2 is 1.50 bits per heavy atom. The number of rotatable bonds is 0. The van der Waals surface area contributed by atoms with Crippen LogP contribution in [-0.4, -0.2) is 13.3 Å². The van der Waals surface area contributed by atoms with Crippen LogP contribution in [0.2, 0.25) is 21.0 Å². The van der Waals surface area contributed by atoms with Gasteiger partial charge in [-0.2, -0.15) is 0 Å². The quantitative estimate of drug-likeness (QED) is 0.569. The summed E-state index contributed by atoms with van der Waals surface area (Å²) in [5, 5.41) is 0. The molecule has 0 saturated carbocycles. The van der Waals surface area contributed by atoms with Crippen LogP contribution >= 0.6 is 0 Å². The molecular formula is C13H16Ge. The summed E-state index contributed by atoms with van der Waals surface area (Å²) in [6, 6.07) is 0. The molecule has 1 heterocycles. The Labute approximate surface area is 88.4 Å². The molecule has 2 aliphatic carbocycles. The summed E-state index contributed by atoms with van der Waals surface area (Å²) in [7, 11) is 0. The van der Waals surface area contributed by atoms with Crippen molar-refractivity contribution in [1.29, 1.82) is 0 Å². The fraction of sp³-hybridized carbons (Fsp3) is 0.385. The van der Waals surface area contributed by atoms with Crippen molar-refractivity contribution in [2.45, 2.75) is 27.4 Å². The second kappa shape index (κ2) is 2.76. The molecular weight excluding hydrogens is 229 g/mol. The molecule has 0 aromatic heterocycles. The van der Waals surface area contributed by atoms with Crippen LogP contribution in [-0.2, 0) is 0 Å². The summed E-state index contributed by atoms with van der Waals surface area (Å²) >= 11 is -1.70. The molecule has 3 rings (SSSR count). The van der Waals surface area contributed by atoms with Gasteiger partial charge in [0.2, 0.25) is 0 Å². The number of hydrogen-bond acceptors (Lipinski definition) is 0. The summed E-state index contributed by atoms with van der Waals surface area (Å²) < 4.78 is 1.72. The molecule has 3 aliphatic rings. The Kier molecular flexibility index (Phi) is 1.73. The second-order valence-corrected chi connectivity index (χ2v) is 15.5. The average molecular weight is 245 g/mol. The first-order valence-corrected chi connectivity index (χ1v) is 12.1. The van der Waals surface area contributed by atoms with Gasteiger partial charge in [-0.3, -0.25) is 0 Å². The minimum absolute atomic E-state index is 0.861. The van der Waals surface area contributed by atoms with Gasteiger partial charge in [-0.05, 0) is 0 Å². The Balaban J connectivity index is 2.09. The topological polar surface area (TPSA) is 0 Å². The van der Waals surface area contributed by atoms with Crippen molar-refractivity contribution in [3.8, 4) is 0 Å². The van der Waals surface area contributed by atoms with E-state index in [0.29, 0.717) is 0 Å². The zero-order valence-electron chi connectivity index (χ0n) is 8.83. The van der Waals surface area contributed by atoms with E-state index in [4.69, 9.17) is 0 Å². The molecule has 1 heteroatoms. The summed E-state index contributed by atoms with van der Waals surface area (Å²) in [5.74, 6) is 5.17. The molecule has 0 bridgehead atoms. The van der Waals surface area contributed by atoms with Gasteiger partial charge < -0.3 is 0 Å². The third-order valence-corrected chi connectivity index (χ3v) is 13.1. The van der Waals surface area contributed by atoms with E-state index in [1.54, 1.807) is 11.1 Å². The van der Waals surface area contributed by atoms with Gasteiger partial charge in [0, 0.05) is 0 Å². The Morgan fingerprint density at radius 3 is 2.00 bits per heavy atom. The van der Waals surface area contributed by atoms with E-state index >= 15 is 0 Å². The molecule has 0 aromatic rings. The third-order valence-electron chi connectivity index (χ3n) is 4.04. The van der Waals surface area contributed by atoms with Crippen LogP contribution in [0.3, 0.4) is 0 Å². The Hall–Kier alpha value is -0.497. The van der Waals surface area contributed by atoms with Crippen LogP contribution in [0.15, 0.2) is 47.6 Å². The standard InChI is InChI=1S/C13H16Ge/c1-14(2)12-7-3-5-10(12)9-11-6-4-8-13(11)14/h3-8,12-13H,9H2,1-2H3. The van der Waals surface area contributed by atoms with Gasteiger partial charge >= 0.3 is 88.3 Å². The predicted octanol–water partition coefficient (Wildman–Crippen LogP) is 3.83. The van der Waals surface area contributed by atoms with Crippen LogP contribution in [0.5, 0.6) is 0 Å². The van der Waals surface area contributed by atoms with Gasteiger partial charge in [-0.25, -0.2) is 0 Å². The van der Waals surface area contributed by atoms with E-state index in [9.17, 15) is 0 Å². The summed E-state index contributed by atoms with van der Waals surface area (Å²) in [4.78, 5) is 0. The Morgan fingerprint density at radius 1 is 1.00 bits per heavy atom. The molecule has 0 radical (unpaired) electrons. The zero-order chi connectivity index (χ0) is 9.76. The van der Waals surface area contributed by atoms with E-state index < -0.39 is 13.3 Å². The van der Waals surface area contributed by atoms with Crippen molar-refractivity contribution in [3.63, 3.8) is 0 Å². The molecule has 0 amide bonds. The van der Waals surface area contributed by atoms with Crippen molar-refractivity contribution >= 4 is 13.3 Å². The van der Waals surface area contributed by atoms with Crippen LogP contribution in [0.4, 0.5) is 0 Å². The molecule has 2 atom stereocenters. The van der Waals surface area contributed by atoms with Crippen LogP contribution in [0.1, 0.15) is 6.42 Å². The summed E-state index contributed by atoms with van der Waals surface area (Å²) in [6.45, 7) is 0. The maximum absolute atomic E-state index is 2.58. The van der Waals surface area contributed by atoms with E-state index in [2.05, 4.69) is 48.0 Å². The Bertz CT molecular complexity index is 357. The molecule has 0 nitrogen and oxygen atoms in total. The molecule has 0 aromatic carbocycles. The maximum atomic E-state index is 2.58. The van der Waals surface area contributed by atoms with Crippen molar-refractivity contribution in [1.82, 2.24) is 0 Å². The minimum atomic E-state index is -1.70. The van der Waals surface area contributed by atoms with E-state index in [1.165, 1.54) is 6.42 Å². The average Bonchev–Trinajstić information content (AvgIpc) is 2.71. The van der Waals surface area contributed by atoms with Crippen LogP contribution in [0, 0.1) is 0 Å². The normalized spacial score (nSPS) is 36.4. The number of allylic oxidation sites excluding steroid dienone is 8. The van der Waals surface area contributed by atoms with Crippen molar-refractivity contribution in [3.05, 3.63) is 47.6 Å². The first-order chi connectivity index (χ1) is 6.69. The fourth-order valence-corrected chi connectivity index (χ4v) is 11.5. The first-order valence-electron chi connectivity index (χ1n) is 5.44. The molecule has 72 valence electrons. The van der Waals surface area contributed by atoms with E-state index in [1.807, 2.05) is 0 Å². The van der Waals surface area contributed by atoms with Gasteiger partial charge in [-0.15, -0.1) is 0 Å². The number of fused-ring (bicyclic) bond motifs is 2. The van der Waals surface area contributed by atoms with Gasteiger partial charge in [0.05, 0.1) is 0 Å². The summed E-state index contributed by atoms with van der Waals surface area (Å²) in [5.41, 5.74) is 3.39. The monoisotopic (exact) mass is 246 g/mol. The van der Waals surface area contributed by atoms with Crippen molar-refractivity contribution in [2.75, 3.05) is 0 Å². The van der Waals surface area contributed by atoms with Gasteiger partial charge in [0.25, 0.3) is 0 Å². The molecule has 0 N–H and O–H groups in total. The first kappa shape index (κ1) is 8.78. The fourth-order valence-electron chi connectivity index (χ4n) is 3.25. The number of hydrogen-bond donors (Lipinski definition) is 0. The predicted molar refractivity (Wildman–Crippen MR) is 64.0 cm³/mol. The van der Waals surface area contributed by atoms with Gasteiger partial charge in [0.15, 0.2) is 0 Å². The molecule has 1 aliphatic heterocycles. The van der Waals surface area contributed by atoms with Crippen molar-refractivity contribution < 1.29 is 0 Å². The van der Waals surface area contributed by atoms with E-state index in [0.717, 1.165) is 9.50 Å². The van der Waals surface area contributed by atoms with Crippen LogP contribution < -0.4 is 0 Å². The SMILES string of the molecule is [CH3][Ge]1([CH3])[CH]2C=CC=C2CC2=CC=C[CH]21. The molecule has 1 fully saturated rings. The summed E-state index contributed by atoms with van der Waals surface area (Å²) in [6.07, 6.45) is 15.4. The molecule has 1 saturated heterocycles. The van der Waals surface area contributed by atoms with Crippen LogP contribution in [0.25, 0.3) is 0 Å². The molecule has 0 spiro atoms. The zero-order valence-corrected chi connectivity index (χ0v) is 10.9. The van der Waals surface area contributed by atoms with E-state index in [-0.39, 0.29) is 0 Å².